The number of amides is 3. The van der Waals surface area contributed by atoms with E-state index in [0.717, 1.165) is 18.4 Å². The molecule has 1 aliphatic heterocycles. The predicted molar refractivity (Wildman–Crippen MR) is 131 cm³/mol. The third-order valence-electron chi connectivity index (χ3n) is 7.29. The van der Waals surface area contributed by atoms with Gasteiger partial charge in [0, 0.05) is 30.4 Å². The highest BCUT2D eigenvalue weighted by Gasteiger charge is 2.30. The highest BCUT2D eigenvalue weighted by Crippen LogP contribution is 2.32. The van der Waals surface area contributed by atoms with Crippen molar-refractivity contribution in [3.63, 3.8) is 0 Å². The van der Waals surface area contributed by atoms with E-state index >= 15 is 0 Å². The maximum absolute atomic E-state index is 13.4. The molecule has 0 radical (unpaired) electrons. The number of hydrogen-bond donors (Lipinski definition) is 2. The van der Waals surface area contributed by atoms with Gasteiger partial charge in [-0.1, -0.05) is 18.2 Å². The quantitative estimate of drug-likeness (QED) is 0.716. The van der Waals surface area contributed by atoms with E-state index in [0.29, 0.717) is 61.5 Å². The monoisotopic (exact) mass is 460 g/mol. The lowest BCUT2D eigenvalue weighted by Crippen LogP contribution is -2.46. The van der Waals surface area contributed by atoms with Crippen LogP contribution in [0.4, 0.5) is 10.5 Å². The van der Waals surface area contributed by atoms with Crippen molar-refractivity contribution in [2.24, 2.45) is 5.73 Å². The van der Waals surface area contributed by atoms with Crippen LogP contribution in [0.3, 0.4) is 0 Å². The Hall–Kier alpha value is -3.37. The molecule has 0 spiro atoms. The van der Waals surface area contributed by atoms with Gasteiger partial charge in [-0.3, -0.25) is 9.69 Å². The first-order valence-electron chi connectivity index (χ1n) is 12.0. The fourth-order valence-electron chi connectivity index (χ4n) is 5.24. The van der Waals surface area contributed by atoms with E-state index < -0.39 is 6.03 Å². The SMILES string of the molecule is Cc1ccc(N(C(N)=O)C2CCC(O)CC2)cc1C(=O)N1CCC(c2ccc(C#N)cc2)CC1. The second-order valence-corrected chi connectivity index (χ2v) is 9.47. The molecule has 2 aromatic carbocycles. The molecule has 3 amide bonds. The molecule has 1 aliphatic carbocycles. The predicted octanol–water partition coefficient (Wildman–Crippen LogP) is 4.08. The molecule has 4 rings (SSSR count). The summed E-state index contributed by atoms with van der Waals surface area (Å²) < 4.78 is 0. The zero-order valence-electron chi connectivity index (χ0n) is 19.6. The van der Waals surface area contributed by atoms with Crippen LogP contribution < -0.4 is 10.6 Å². The maximum Gasteiger partial charge on any atom is 0.319 e. The molecule has 178 valence electrons. The van der Waals surface area contributed by atoms with Crippen LogP contribution in [0.1, 0.15) is 71.5 Å². The Bertz CT molecular complexity index is 1080. The minimum absolute atomic E-state index is 0.0267. The van der Waals surface area contributed by atoms with Gasteiger partial charge in [-0.05, 0) is 86.8 Å². The highest BCUT2D eigenvalue weighted by molar-refractivity contribution is 5.98. The summed E-state index contributed by atoms with van der Waals surface area (Å²) in [6.07, 6.45) is 4.06. The number of carbonyl (C=O) groups is 2. The molecule has 7 heteroatoms. The number of carbonyl (C=O) groups excluding carboxylic acids is 2. The number of hydrogen-bond acceptors (Lipinski definition) is 4. The normalized spacial score (nSPS) is 21.0. The van der Waals surface area contributed by atoms with Crippen molar-refractivity contribution in [3.8, 4) is 6.07 Å². The van der Waals surface area contributed by atoms with Crippen LogP contribution >= 0.6 is 0 Å². The van der Waals surface area contributed by atoms with E-state index in [9.17, 15) is 14.7 Å². The molecular weight excluding hydrogens is 428 g/mol. The molecule has 0 bridgehead atoms. The van der Waals surface area contributed by atoms with Crippen LogP contribution in [0.15, 0.2) is 42.5 Å². The number of aryl methyl sites for hydroxylation is 1. The summed E-state index contributed by atoms with van der Waals surface area (Å²) in [6, 6.07) is 14.8. The molecule has 0 unspecified atom stereocenters. The Balaban J connectivity index is 1.47. The van der Waals surface area contributed by atoms with E-state index in [2.05, 4.69) is 6.07 Å². The molecule has 7 nitrogen and oxygen atoms in total. The molecule has 1 saturated heterocycles. The van der Waals surface area contributed by atoms with Gasteiger partial charge in [0.15, 0.2) is 0 Å². The number of piperidine rings is 1. The van der Waals surface area contributed by atoms with Gasteiger partial charge in [-0.25, -0.2) is 4.79 Å². The number of nitrogens with two attached hydrogens (primary N) is 1. The summed E-state index contributed by atoms with van der Waals surface area (Å²) >= 11 is 0. The average molecular weight is 461 g/mol. The Morgan fingerprint density at radius 1 is 1.03 bits per heavy atom. The first-order valence-corrected chi connectivity index (χ1v) is 12.0. The van der Waals surface area contributed by atoms with E-state index in [-0.39, 0.29) is 18.1 Å². The van der Waals surface area contributed by atoms with Gasteiger partial charge >= 0.3 is 6.03 Å². The molecule has 2 aromatic rings. The summed E-state index contributed by atoms with van der Waals surface area (Å²) in [4.78, 5) is 29.2. The van der Waals surface area contributed by atoms with Crippen molar-refractivity contribution in [1.29, 1.82) is 5.26 Å². The minimum atomic E-state index is -0.535. The standard InChI is InChI=1S/C27H32N4O3/c1-18-2-7-23(31(27(29)34)22-8-10-24(32)11-9-22)16-25(18)26(33)30-14-12-21(13-15-30)20-5-3-19(17-28)4-6-20/h2-7,16,21-22,24,32H,8-15H2,1H3,(H2,29,34). The van der Waals surface area contributed by atoms with E-state index in [1.54, 1.807) is 11.0 Å². The van der Waals surface area contributed by atoms with Crippen molar-refractivity contribution >= 4 is 17.6 Å². The maximum atomic E-state index is 13.4. The summed E-state index contributed by atoms with van der Waals surface area (Å²) in [6.45, 7) is 3.23. The Kier molecular flexibility index (Phi) is 7.18. The minimum Gasteiger partial charge on any atom is -0.393 e. The van der Waals surface area contributed by atoms with Crippen LogP contribution in [0.5, 0.6) is 0 Å². The number of aliphatic hydroxyl groups is 1. The third-order valence-corrected chi connectivity index (χ3v) is 7.29. The number of aliphatic hydroxyl groups excluding tert-OH is 1. The van der Waals surface area contributed by atoms with Crippen molar-refractivity contribution in [2.75, 3.05) is 18.0 Å². The third kappa shape index (κ3) is 5.07. The zero-order chi connectivity index (χ0) is 24.2. The molecule has 0 aromatic heterocycles. The first kappa shape index (κ1) is 23.8. The second-order valence-electron chi connectivity index (χ2n) is 9.47. The number of nitriles is 1. The molecule has 2 fully saturated rings. The lowest BCUT2D eigenvalue weighted by molar-refractivity contribution is 0.0712. The zero-order valence-corrected chi connectivity index (χ0v) is 19.6. The van der Waals surface area contributed by atoms with Crippen molar-refractivity contribution in [2.45, 2.75) is 63.5 Å². The number of nitrogens with zero attached hydrogens (tertiary/aromatic N) is 3. The van der Waals surface area contributed by atoms with Crippen LogP contribution in [0.2, 0.25) is 0 Å². The van der Waals surface area contributed by atoms with Gasteiger partial charge in [0.2, 0.25) is 0 Å². The summed E-state index contributed by atoms with van der Waals surface area (Å²) in [5, 5.41) is 18.8. The van der Waals surface area contributed by atoms with Crippen LogP contribution in [0.25, 0.3) is 0 Å². The van der Waals surface area contributed by atoms with E-state index in [4.69, 9.17) is 11.0 Å². The van der Waals surface area contributed by atoms with Crippen LogP contribution in [0, 0.1) is 18.3 Å². The lowest BCUT2D eigenvalue weighted by atomic mass is 9.88. The number of anilines is 1. The fraction of sp³-hybridized carbons (Fsp3) is 0.444. The van der Waals surface area contributed by atoms with E-state index in [1.165, 1.54) is 5.56 Å². The highest BCUT2D eigenvalue weighted by atomic mass is 16.3. The number of benzene rings is 2. The van der Waals surface area contributed by atoms with Gasteiger partial charge in [-0.15, -0.1) is 0 Å². The number of rotatable bonds is 4. The van der Waals surface area contributed by atoms with Crippen molar-refractivity contribution in [1.82, 2.24) is 4.90 Å². The molecule has 3 N–H and O–H groups in total. The molecule has 1 saturated carbocycles. The first-order chi connectivity index (χ1) is 16.4. The molecule has 0 atom stereocenters. The average Bonchev–Trinajstić information content (AvgIpc) is 2.86. The van der Waals surface area contributed by atoms with E-state index in [1.807, 2.05) is 48.2 Å². The number of urea groups is 1. The van der Waals surface area contributed by atoms with Crippen LogP contribution in [-0.2, 0) is 0 Å². The molecule has 34 heavy (non-hydrogen) atoms. The van der Waals surface area contributed by atoms with Gasteiger partial charge in [0.05, 0.1) is 17.7 Å². The van der Waals surface area contributed by atoms with Gasteiger partial charge in [0.25, 0.3) is 5.91 Å². The topological polar surface area (TPSA) is 111 Å². The second kappa shape index (κ2) is 10.3. The molecule has 2 aliphatic rings. The summed E-state index contributed by atoms with van der Waals surface area (Å²) in [5.74, 6) is 0.345. The summed E-state index contributed by atoms with van der Waals surface area (Å²) in [7, 11) is 0. The largest absolute Gasteiger partial charge is 0.393 e. The number of likely N-dealkylation sites (tertiary alicyclic amines) is 1. The van der Waals surface area contributed by atoms with Crippen LogP contribution in [-0.4, -0.2) is 47.2 Å². The van der Waals surface area contributed by atoms with Gasteiger partial charge < -0.3 is 15.7 Å². The summed E-state index contributed by atoms with van der Waals surface area (Å²) in [5.41, 5.74) is 9.70. The number of primary amides is 1. The lowest BCUT2D eigenvalue weighted by Gasteiger charge is -2.35. The molecule has 1 heterocycles. The smallest absolute Gasteiger partial charge is 0.319 e. The Labute approximate surface area is 200 Å². The van der Waals surface area contributed by atoms with Gasteiger partial charge in [-0.2, -0.15) is 5.26 Å². The Morgan fingerprint density at radius 3 is 2.26 bits per heavy atom. The van der Waals surface area contributed by atoms with Crippen molar-refractivity contribution < 1.29 is 14.7 Å². The molecular formula is C27H32N4O3. The fourth-order valence-corrected chi connectivity index (χ4v) is 5.24. The van der Waals surface area contributed by atoms with Crippen molar-refractivity contribution in [3.05, 3.63) is 64.7 Å². The van der Waals surface area contributed by atoms with Gasteiger partial charge in [0.1, 0.15) is 0 Å². The Morgan fingerprint density at radius 2 is 1.68 bits per heavy atom.